The van der Waals surface area contributed by atoms with Gasteiger partial charge in [-0.2, -0.15) is 0 Å². The first-order chi connectivity index (χ1) is 9.30. The Balaban J connectivity index is 2.33. The topological polar surface area (TPSA) is 123 Å². The molecule has 0 fully saturated rings. The molecule has 0 radical (unpaired) electrons. The standard InChI is InChI=1S/C10H18N4O5S/c1-8(2)19-5-6-20(17,18)11-3-4-14-7-9(10(15)16)12-13-14/h7-8,11H,3-6H2,1-2H3,(H,15,16). The van der Waals surface area contributed by atoms with E-state index in [0.29, 0.717) is 0 Å². The van der Waals surface area contributed by atoms with Crippen LogP contribution in [-0.2, 0) is 21.3 Å². The van der Waals surface area contributed by atoms with Crippen LogP contribution in [0, 0.1) is 0 Å². The molecule has 20 heavy (non-hydrogen) atoms. The van der Waals surface area contributed by atoms with Gasteiger partial charge in [0.15, 0.2) is 5.69 Å². The van der Waals surface area contributed by atoms with Gasteiger partial charge >= 0.3 is 5.97 Å². The number of nitrogens with zero attached hydrogens (tertiary/aromatic N) is 3. The van der Waals surface area contributed by atoms with E-state index in [1.165, 1.54) is 10.9 Å². The molecule has 9 nitrogen and oxygen atoms in total. The summed E-state index contributed by atoms with van der Waals surface area (Å²) in [5, 5.41) is 15.6. The van der Waals surface area contributed by atoms with Gasteiger partial charge in [-0.05, 0) is 13.8 Å². The van der Waals surface area contributed by atoms with Gasteiger partial charge in [0, 0.05) is 6.54 Å². The molecule has 0 spiro atoms. The van der Waals surface area contributed by atoms with Gasteiger partial charge < -0.3 is 9.84 Å². The molecule has 0 aromatic carbocycles. The first kappa shape index (κ1) is 16.5. The van der Waals surface area contributed by atoms with Crippen LogP contribution in [0.5, 0.6) is 0 Å². The van der Waals surface area contributed by atoms with Crippen LogP contribution in [0.15, 0.2) is 6.20 Å². The Bertz CT molecular complexity index is 540. The molecule has 2 N–H and O–H groups in total. The fraction of sp³-hybridized carbons (Fsp3) is 0.700. The number of carboxylic acid groups (broad SMARTS) is 1. The Hall–Kier alpha value is -1.52. The second-order valence-electron chi connectivity index (χ2n) is 4.30. The lowest BCUT2D eigenvalue weighted by molar-refractivity contribution is 0.0690. The number of ether oxygens (including phenoxy) is 1. The minimum absolute atomic E-state index is 0.0187. The van der Waals surface area contributed by atoms with Crippen LogP contribution in [0.25, 0.3) is 0 Å². The van der Waals surface area contributed by atoms with Crippen molar-refractivity contribution in [2.75, 3.05) is 18.9 Å². The van der Waals surface area contributed by atoms with Crippen molar-refractivity contribution in [2.24, 2.45) is 0 Å². The van der Waals surface area contributed by atoms with Crippen molar-refractivity contribution in [2.45, 2.75) is 26.5 Å². The summed E-state index contributed by atoms with van der Waals surface area (Å²) in [7, 11) is -3.41. The highest BCUT2D eigenvalue weighted by molar-refractivity contribution is 7.89. The number of carboxylic acids is 1. The average Bonchev–Trinajstić information content (AvgIpc) is 2.76. The van der Waals surface area contributed by atoms with Gasteiger partial charge in [0.2, 0.25) is 10.0 Å². The molecule has 1 rings (SSSR count). The fourth-order valence-corrected chi connectivity index (χ4v) is 2.15. The number of aromatic nitrogens is 3. The molecule has 0 saturated heterocycles. The minimum Gasteiger partial charge on any atom is -0.476 e. The quantitative estimate of drug-likeness (QED) is 0.619. The summed E-state index contributed by atoms with van der Waals surface area (Å²) in [5.74, 6) is -1.30. The number of rotatable bonds is 9. The zero-order chi connectivity index (χ0) is 15.2. The van der Waals surface area contributed by atoms with Crippen molar-refractivity contribution < 1.29 is 23.1 Å². The molecular weight excluding hydrogens is 288 g/mol. The molecule has 0 saturated carbocycles. The van der Waals surface area contributed by atoms with Crippen molar-refractivity contribution in [1.82, 2.24) is 19.7 Å². The van der Waals surface area contributed by atoms with Gasteiger partial charge in [-0.1, -0.05) is 5.21 Å². The second kappa shape index (κ2) is 7.31. The number of carbonyl (C=O) groups is 1. The van der Waals surface area contributed by atoms with E-state index in [0.717, 1.165) is 0 Å². The van der Waals surface area contributed by atoms with Gasteiger partial charge in [0.1, 0.15) is 0 Å². The first-order valence-corrected chi connectivity index (χ1v) is 7.68. The van der Waals surface area contributed by atoms with E-state index in [-0.39, 0.29) is 37.2 Å². The summed E-state index contributed by atoms with van der Waals surface area (Å²) in [5.41, 5.74) is -0.182. The molecule has 0 aliphatic heterocycles. The van der Waals surface area contributed by atoms with E-state index in [1.54, 1.807) is 0 Å². The molecule has 114 valence electrons. The maximum absolute atomic E-state index is 11.6. The van der Waals surface area contributed by atoms with Gasteiger partial charge in [-0.15, -0.1) is 5.10 Å². The van der Waals surface area contributed by atoms with Crippen molar-refractivity contribution >= 4 is 16.0 Å². The third-order valence-electron chi connectivity index (χ3n) is 2.22. The zero-order valence-corrected chi connectivity index (χ0v) is 12.1. The monoisotopic (exact) mass is 306 g/mol. The molecule has 1 aromatic heterocycles. The molecule has 10 heteroatoms. The van der Waals surface area contributed by atoms with E-state index >= 15 is 0 Å². The minimum atomic E-state index is -3.41. The Morgan fingerprint density at radius 2 is 2.25 bits per heavy atom. The Labute approximate surface area is 117 Å². The number of hydrogen-bond acceptors (Lipinski definition) is 6. The van der Waals surface area contributed by atoms with Gasteiger partial charge in [0.25, 0.3) is 0 Å². The van der Waals surface area contributed by atoms with Crippen LogP contribution in [-0.4, -0.2) is 59.5 Å². The van der Waals surface area contributed by atoms with Gasteiger partial charge in [-0.3, -0.25) is 4.68 Å². The Morgan fingerprint density at radius 1 is 1.55 bits per heavy atom. The SMILES string of the molecule is CC(C)OCCS(=O)(=O)NCCn1cc(C(=O)O)nn1. The van der Waals surface area contributed by atoms with Crippen molar-refractivity contribution in [3.05, 3.63) is 11.9 Å². The largest absolute Gasteiger partial charge is 0.476 e. The molecular formula is C10H18N4O5S. The summed E-state index contributed by atoms with van der Waals surface area (Å²) >= 11 is 0. The van der Waals surface area contributed by atoms with Crippen LogP contribution in [0.1, 0.15) is 24.3 Å². The number of nitrogens with one attached hydrogen (secondary N) is 1. The summed E-state index contributed by atoms with van der Waals surface area (Å²) in [4.78, 5) is 10.6. The van der Waals surface area contributed by atoms with Crippen LogP contribution in [0.4, 0.5) is 0 Å². The molecule has 0 bridgehead atoms. The van der Waals surface area contributed by atoms with E-state index < -0.39 is 16.0 Å². The predicted molar refractivity (Wildman–Crippen MR) is 69.9 cm³/mol. The summed E-state index contributed by atoms with van der Waals surface area (Å²) in [6.45, 7) is 4.08. The highest BCUT2D eigenvalue weighted by Crippen LogP contribution is 1.93. The van der Waals surface area contributed by atoms with Crippen molar-refractivity contribution in [1.29, 1.82) is 0 Å². The highest BCUT2D eigenvalue weighted by Gasteiger charge is 2.11. The van der Waals surface area contributed by atoms with Gasteiger partial charge in [0.05, 0.1) is 31.2 Å². The lowest BCUT2D eigenvalue weighted by Gasteiger charge is -2.09. The second-order valence-corrected chi connectivity index (χ2v) is 6.23. The van der Waals surface area contributed by atoms with Gasteiger partial charge in [-0.25, -0.2) is 17.9 Å². The third-order valence-corrected chi connectivity index (χ3v) is 3.57. The maximum atomic E-state index is 11.6. The Kier molecular flexibility index (Phi) is 6.05. The number of aromatic carboxylic acids is 1. The van der Waals surface area contributed by atoms with Crippen LogP contribution >= 0.6 is 0 Å². The highest BCUT2D eigenvalue weighted by atomic mass is 32.2. The van der Waals surface area contributed by atoms with E-state index in [2.05, 4.69) is 15.0 Å². The van der Waals surface area contributed by atoms with Crippen LogP contribution in [0.2, 0.25) is 0 Å². The fourth-order valence-electron chi connectivity index (χ4n) is 1.29. The summed E-state index contributed by atoms with van der Waals surface area (Å²) in [6, 6.07) is 0. The predicted octanol–water partition coefficient (Wildman–Crippen LogP) is -0.679. The Morgan fingerprint density at radius 3 is 2.80 bits per heavy atom. The smallest absolute Gasteiger partial charge is 0.358 e. The lowest BCUT2D eigenvalue weighted by atomic mass is 10.5. The van der Waals surface area contributed by atoms with Crippen molar-refractivity contribution in [3.8, 4) is 0 Å². The average molecular weight is 306 g/mol. The summed E-state index contributed by atoms with van der Waals surface area (Å²) in [6.07, 6.45) is 1.22. The van der Waals surface area contributed by atoms with E-state index in [9.17, 15) is 13.2 Å². The molecule has 0 unspecified atom stereocenters. The van der Waals surface area contributed by atoms with Crippen LogP contribution in [0.3, 0.4) is 0 Å². The normalized spacial score (nSPS) is 11.9. The molecule has 0 atom stereocenters. The summed E-state index contributed by atoms with van der Waals surface area (Å²) < 4.78 is 32.0. The number of hydrogen-bond donors (Lipinski definition) is 2. The molecule has 0 aliphatic carbocycles. The molecule has 0 amide bonds. The van der Waals surface area contributed by atoms with E-state index in [1.807, 2.05) is 13.8 Å². The lowest BCUT2D eigenvalue weighted by Crippen LogP contribution is -2.31. The first-order valence-electron chi connectivity index (χ1n) is 6.02. The van der Waals surface area contributed by atoms with Crippen molar-refractivity contribution in [3.63, 3.8) is 0 Å². The molecule has 1 heterocycles. The maximum Gasteiger partial charge on any atom is 0.358 e. The van der Waals surface area contributed by atoms with E-state index in [4.69, 9.17) is 9.84 Å². The van der Waals surface area contributed by atoms with Crippen LogP contribution < -0.4 is 4.72 Å². The third kappa shape index (κ3) is 6.08. The number of sulfonamides is 1. The molecule has 1 aromatic rings. The molecule has 0 aliphatic rings. The zero-order valence-electron chi connectivity index (χ0n) is 11.3.